The second kappa shape index (κ2) is 4.68. The molecule has 0 aliphatic carbocycles. The molecule has 0 radical (unpaired) electrons. The van der Waals surface area contributed by atoms with E-state index in [0.717, 1.165) is 12.1 Å². The molecule has 1 aromatic heterocycles. The van der Waals surface area contributed by atoms with Crippen LogP contribution in [0.2, 0.25) is 0 Å². The van der Waals surface area contributed by atoms with Gasteiger partial charge in [0, 0.05) is 11.5 Å². The number of nitrogens with zero attached hydrogens (tertiary/aromatic N) is 1. The highest BCUT2D eigenvalue weighted by molar-refractivity contribution is 5.62. The minimum atomic E-state index is -4.65. The first kappa shape index (κ1) is 13.6. The molecule has 0 aliphatic rings. The summed E-state index contributed by atoms with van der Waals surface area (Å²) in [7, 11) is 0. The van der Waals surface area contributed by atoms with Gasteiger partial charge in [0.05, 0.1) is 11.8 Å². The number of alkyl halides is 3. The lowest BCUT2D eigenvalue weighted by Gasteiger charge is -2.11. The summed E-state index contributed by atoms with van der Waals surface area (Å²) in [6, 6.07) is 2.46. The van der Waals surface area contributed by atoms with Crippen LogP contribution in [0.15, 0.2) is 28.8 Å². The number of halogens is 4. The van der Waals surface area contributed by atoms with Crippen LogP contribution in [0.1, 0.15) is 31.2 Å². The van der Waals surface area contributed by atoms with Gasteiger partial charge in [-0.3, -0.25) is 0 Å². The van der Waals surface area contributed by atoms with Crippen LogP contribution < -0.4 is 0 Å². The Balaban J connectivity index is 2.55. The number of hydrogen-bond acceptors (Lipinski definition) is 2. The van der Waals surface area contributed by atoms with Gasteiger partial charge in [-0.25, -0.2) is 9.37 Å². The molecule has 0 spiro atoms. The van der Waals surface area contributed by atoms with E-state index < -0.39 is 17.6 Å². The molecule has 0 saturated carbocycles. The van der Waals surface area contributed by atoms with Crippen molar-refractivity contribution in [3.63, 3.8) is 0 Å². The molecule has 0 atom stereocenters. The molecular weight excluding hydrogens is 262 g/mol. The average Bonchev–Trinajstić information content (AvgIpc) is 2.77. The normalized spacial score (nSPS) is 12.2. The molecule has 2 rings (SSSR count). The molecule has 0 amide bonds. The van der Waals surface area contributed by atoms with E-state index in [-0.39, 0.29) is 17.2 Å². The highest BCUT2D eigenvalue weighted by Gasteiger charge is 2.35. The number of rotatable bonds is 2. The van der Waals surface area contributed by atoms with E-state index >= 15 is 0 Å². The van der Waals surface area contributed by atoms with Crippen molar-refractivity contribution in [1.29, 1.82) is 0 Å². The molecule has 0 bridgehead atoms. The second-order valence-corrected chi connectivity index (χ2v) is 4.41. The largest absolute Gasteiger partial charge is 0.440 e. The topological polar surface area (TPSA) is 26.0 Å². The molecular formula is C13H11F4NO. The minimum Gasteiger partial charge on any atom is -0.440 e. The van der Waals surface area contributed by atoms with Gasteiger partial charge < -0.3 is 4.42 Å². The van der Waals surface area contributed by atoms with Gasteiger partial charge in [-0.05, 0) is 18.2 Å². The van der Waals surface area contributed by atoms with Crippen LogP contribution in [0.5, 0.6) is 0 Å². The molecule has 102 valence electrons. The van der Waals surface area contributed by atoms with Gasteiger partial charge in [-0.1, -0.05) is 13.8 Å². The van der Waals surface area contributed by atoms with Crippen molar-refractivity contribution in [2.24, 2.45) is 0 Å². The zero-order valence-electron chi connectivity index (χ0n) is 10.3. The predicted octanol–water partition coefficient (Wildman–Crippen LogP) is 4.62. The van der Waals surface area contributed by atoms with E-state index in [1.54, 1.807) is 0 Å². The lowest BCUT2D eigenvalue weighted by Crippen LogP contribution is -2.07. The first-order chi connectivity index (χ1) is 8.79. The molecule has 0 aliphatic heterocycles. The Morgan fingerprint density at radius 1 is 1.21 bits per heavy atom. The van der Waals surface area contributed by atoms with Crippen LogP contribution >= 0.6 is 0 Å². The predicted molar refractivity (Wildman–Crippen MR) is 61.0 cm³/mol. The van der Waals surface area contributed by atoms with Crippen molar-refractivity contribution in [1.82, 2.24) is 4.98 Å². The van der Waals surface area contributed by atoms with E-state index in [1.807, 2.05) is 13.8 Å². The Morgan fingerprint density at radius 2 is 1.89 bits per heavy atom. The first-order valence-corrected chi connectivity index (χ1v) is 5.62. The molecule has 6 heteroatoms. The van der Waals surface area contributed by atoms with Crippen LogP contribution in [-0.2, 0) is 6.18 Å². The smallest absolute Gasteiger partial charge is 0.417 e. The van der Waals surface area contributed by atoms with Crippen LogP contribution in [0, 0.1) is 5.82 Å². The molecule has 0 fully saturated rings. The third kappa shape index (κ3) is 2.77. The van der Waals surface area contributed by atoms with Gasteiger partial charge in [0.25, 0.3) is 0 Å². The molecule has 2 aromatic rings. The number of aromatic nitrogens is 1. The maximum Gasteiger partial charge on any atom is 0.417 e. The zero-order chi connectivity index (χ0) is 14.2. The summed E-state index contributed by atoms with van der Waals surface area (Å²) in [6.45, 7) is 3.62. The van der Waals surface area contributed by atoms with Crippen LogP contribution in [0.25, 0.3) is 11.3 Å². The molecule has 0 unspecified atom stereocenters. The van der Waals surface area contributed by atoms with Gasteiger partial charge in [0.15, 0.2) is 11.7 Å². The Hall–Kier alpha value is -1.85. The van der Waals surface area contributed by atoms with E-state index in [9.17, 15) is 17.6 Å². The third-order valence-corrected chi connectivity index (χ3v) is 2.57. The first-order valence-electron chi connectivity index (χ1n) is 5.62. The van der Waals surface area contributed by atoms with E-state index in [4.69, 9.17) is 4.42 Å². The van der Waals surface area contributed by atoms with E-state index in [0.29, 0.717) is 12.0 Å². The summed E-state index contributed by atoms with van der Waals surface area (Å²) in [5, 5.41) is 0. The van der Waals surface area contributed by atoms with Crippen LogP contribution in [0.3, 0.4) is 0 Å². The second-order valence-electron chi connectivity index (χ2n) is 4.41. The van der Waals surface area contributed by atoms with Crippen molar-refractivity contribution in [2.75, 3.05) is 0 Å². The van der Waals surface area contributed by atoms with Crippen LogP contribution in [-0.4, -0.2) is 4.98 Å². The highest BCUT2D eigenvalue weighted by Crippen LogP contribution is 2.38. The Kier molecular flexibility index (Phi) is 3.34. The highest BCUT2D eigenvalue weighted by atomic mass is 19.4. The molecule has 1 aromatic carbocycles. The van der Waals surface area contributed by atoms with Crippen molar-refractivity contribution in [3.05, 3.63) is 41.7 Å². The summed E-state index contributed by atoms with van der Waals surface area (Å²) < 4.78 is 56.8. The van der Waals surface area contributed by atoms with E-state index in [1.165, 1.54) is 6.20 Å². The van der Waals surface area contributed by atoms with Gasteiger partial charge >= 0.3 is 6.18 Å². The number of benzene rings is 1. The lowest BCUT2D eigenvalue weighted by molar-refractivity contribution is -0.137. The minimum absolute atomic E-state index is 0.0176. The molecule has 0 N–H and O–H groups in total. The Labute approximate surface area is 107 Å². The summed E-state index contributed by atoms with van der Waals surface area (Å²) in [4.78, 5) is 3.91. The summed E-state index contributed by atoms with van der Waals surface area (Å²) >= 11 is 0. The van der Waals surface area contributed by atoms with Gasteiger partial charge in [-0.15, -0.1) is 0 Å². The Morgan fingerprint density at radius 3 is 2.42 bits per heavy atom. The van der Waals surface area contributed by atoms with Crippen molar-refractivity contribution < 1.29 is 22.0 Å². The standard InChI is InChI=1S/C13H11F4NO/c1-7(2)12-18-6-11(19-12)9-4-3-8(14)5-10(9)13(15,16)17/h3-7H,1-2H3. The fourth-order valence-electron chi connectivity index (χ4n) is 1.64. The molecule has 2 nitrogen and oxygen atoms in total. The lowest BCUT2D eigenvalue weighted by atomic mass is 10.1. The van der Waals surface area contributed by atoms with Crippen molar-refractivity contribution in [3.8, 4) is 11.3 Å². The zero-order valence-corrected chi connectivity index (χ0v) is 10.3. The van der Waals surface area contributed by atoms with Crippen LogP contribution in [0.4, 0.5) is 17.6 Å². The van der Waals surface area contributed by atoms with Crippen molar-refractivity contribution >= 4 is 0 Å². The van der Waals surface area contributed by atoms with Gasteiger partial charge in [0.1, 0.15) is 5.82 Å². The maximum absolute atomic E-state index is 13.0. The quantitative estimate of drug-likeness (QED) is 0.746. The number of hydrogen-bond donors (Lipinski definition) is 0. The molecule has 19 heavy (non-hydrogen) atoms. The van der Waals surface area contributed by atoms with E-state index in [2.05, 4.69) is 4.98 Å². The summed E-state index contributed by atoms with van der Waals surface area (Å²) in [5.74, 6) is -0.660. The summed E-state index contributed by atoms with van der Waals surface area (Å²) in [5.41, 5.74) is -1.28. The maximum atomic E-state index is 13.0. The SMILES string of the molecule is CC(C)c1ncc(-c2ccc(F)cc2C(F)(F)F)o1. The fourth-order valence-corrected chi connectivity index (χ4v) is 1.64. The fraction of sp³-hybridized carbons (Fsp3) is 0.308. The average molecular weight is 273 g/mol. The molecule has 1 heterocycles. The van der Waals surface area contributed by atoms with Gasteiger partial charge in [0.2, 0.25) is 0 Å². The van der Waals surface area contributed by atoms with Crippen molar-refractivity contribution in [2.45, 2.75) is 25.9 Å². The summed E-state index contributed by atoms with van der Waals surface area (Å²) in [6.07, 6.45) is -3.43. The Bertz CT molecular complexity index is 587. The van der Waals surface area contributed by atoms with Gasteiger partial charge in [-0.2, -0.15) is 13.2 Å². The third-order valence-electron chi connectivity index (χ3n) is 2.57. The number of oxazole rings is 1. The molecule has 0 saturated heterocycles. The monoisotopic (exact) mass is 273 g/mol.